The maximum absolute atomic E-state index is 6.69. The van der Waals surface area contributed by atoms with Crippen molar-refractivity contribution in [2.24, 2.45) is 0 Å². The zero-order chi connectivity index (χ0) is 32.3. The number of hydrogen-bond donors (Lipinski definition) is 0. The van der Waals surface area contributed by atoms with Crippen molar-refractivity contribution in [2.75, 3.05) is 4.90 Å². The van der Waals surface area contributed by atoms with E-state index in [0.29, 0.717) is 0 Å². The third kappa shape index (κ3) is 4.51. The SMILES string of the molecule is C1=C(n2c3ccccc3c3ccccc32)CC(c2ccc(N(c3ccccc3)c3ccc4ccccc4c3)cc2)c2oc3ccccc3c21. The molecule has 3 nitrogen and oxygen atoms in total. The Labute approximate surface area is 284 Å². The van der Waals surface area contributed by atoms with Gasteiger partial charge in [-0.15, -0.1) is 0 Å². The van der Waals surface area contributed by atoms with Crippen LogP contribution in [0.4, 0.5) is 17.1 Å². The first-order chi connectivity index (χ1) is 24.3. The molecule has 1 aliphatic rings. The number of nitrogens with zero attached hydrogens (tertiary/aromatic N) is 2. The van der Waals surface area contributed by atoms with Crippen LogP contribution in [-0.4, -0.2) is 4.57 Å². The number of fused-ring (bicyclic) bond motifs is 7. The van der Waals surface area contributed by atoms with E-state index >= 15 is 0 Å². The Morgan fingerprint density at radius 2 is 1.10 bits per heavy atom. The van der Waals surface area contributed by atoms with Crippen LogP contribution in [0, 0.1) is 0 Å². The highest BCUT2D eigenvalue weighted by molar-refractivity contribution is 6.11. The highest BCUT2D eigenvalue weighted by Gasteiger charge is 2.30. The topological polar surface area (TPSA) is 21.3 Å². The maximum Gasteiger partial charge on any atom is 0.134 e. The molecule has 0 radical (unpaired) electrons. The lowest BCUT2D eigenvalue weighted by atomic mass is 9.84. The standard InChI is InChI=1S/C46H32N2O/c1-2-14-34(15-3-1)47(36-27-22-31-12-4-5-13-33(31)28-36)35-25-23-32(24-26-35)41-29-37(30-42-40-18-8-11-21-45(40)49-46(41)42)48-43-19-9-6-16-38(43)39-17-7-10-20-44(39)48/h1-28,30,41H,29H2. The van der Waals surface area contributed by atoms with E-state index in [0.717, 1.165) is 40.2 Å². The van der Waals surface area contributed by atoms with E-state index in [1.807, 2.05) is 0 Å². The average Bonchev–Trinajstić information content (AvgIpc) is 3.71. The van der Waals surface area contributed by atoms with Gasteiger partial charge in [-0.3, -0.25) is 0 Å². The van der Waals surface area contributed by atoms with Crippen LogP contribution in [0.25, 0.3) is 55.3 Å². The summed E-state index contributed by atoms with van der Waals surface area (Å²) in [7, 11) is 0. The molecule has 1 aliphatic carbocycles. The molecule has 0 saturated carbocycles. The number of rotatable bonds is 5. The number of hydrogen-bond acceptors (Lipinski definition) is 2. The van der Waals surface area contributed by atoms with Crippen LogP contribution in [0.5, 0.6) is 0 Å². The lowest BCUT2D eigenvalue weighted by Crippen LogP contribution is -2.12. The quantitative estimate of drug-likeness (QED) is 0.189. The number of benzene rings is 7. The molecule has 1 unspecified atom stereocenters. The fourth-order valence-electron chi connectivity index (χ4n) is 7.87. The third-order valence-corrected chi connectivity index (χ3v) is 10.1. The summed E-state index contributed by atoms with van der Waals surface area (Å²) in [6, 6.07) is 60.9. The molecule has 49 heavy (non-hydrogen) atoms. The second kappa shape index (κ2) is 11.1. The van der Waals surface area contributed by atoms with Gasteiger partial charge in [0.15, 0.2) is 0 Å². The molecule has 0 N–H and O–H groups in total. The highest BCUT2D eigenvalue weighted by Crippen LogP contribution is 2.47. The molecule has 3 heteroatoms. The van der Waals surface area contributed by atoms with E-state index in [1.165, 1.54) is 49.4 Å². The van der Waals surface area contributed by atoms with Crippen LogP contribution in [0.15, 0.2) is 174 Å². The van der Waals surface area contributed by atoms with Gasteiger partial charge in [0.2, 0.25) is 0 Å². The lowest BCUT2D eigenvalue weighted by molar-refractivity contribution is 0.517. The van der Waals surface area contributed by atoms with E-state index in [4.69, 9.17) is 4.42 Å². The molecule has 0 spiro atoms. The molecule has 232 valence electrons. The summed E-state index contributed by atoms with van der Waals surface area (Å²) in [5, 5.41) is 6.17. The second-order valence-corrected chi connectivity index (χ2v) is 12.9. The van der Waals surface area contributed by atoms with Crippen molar-refractivity contribution in [1.82, 2.24) is 4.57 Å². The van der Waals surface area contributed by atoms with Crippen molar-refractivity contribution >= 4 is 72.4 Å². The van der Waals surface area contributed by atoms with Gasteiger partial charge in [-0.1, -0.05) is 115 Å². The van der Waals surface area contributed by atoms with E-state index in [1.54, 1.807) is 0 Å². The normalized spacial score (nSPS) is 14.4. The monoisotopic (exact) mass is 628 g/mol. The van der Waals surface area contributed by atoms with Gasteiger partial charge in [0.05, 0.1) is 11.0 Å². The first-order valence-electron chi connectivity index (χ1n) is 16.9. The molecular formula is C46H32N2O. The molecule has 10 rings (SSSR count). The summed E-state index contributed by atoms with van der Waals surface area (Å²) in [6.45, 7) is 0. The molecule has 0 saturated heterocycles. The Morgan fingerprint density at radius 1 is 0.510 bits per heavy atom. The Kier molecular flexibility index (Phi) is 6.31. The smallest absolute Gasteiger partial charge is 0.134 e. The van der Waals surface area contributed by atoms with Gasteiger partial charge in [0.25, 0.3) is 0 Å². The number of para-hydroxylation sites is 4. The molecule has 0 bridgehead atoms. The first-order valence-corrected chi connectivity index (χ1v) is 16.9. The largest absolute Gasteiger partial charge is 0.460 e. The summed E-state index contributed by atoms with van der Waals surface area (Å²) in [5.74, 6) is 1.09. The van der Waals surface area contributed by atoms with Gasteiger partial charge in [-0.05, 0) is 77.0 Å². The predicted octanol–water partition coefficient (Wildman–Crippen LogP) is 12.7. The van der Waals surface area contributed by atoms with Crippen molar-refractivity contribution in [3.05, 3.63) is 187 Å². The Morgan fingerprint density at radius 3 is 1.86 bits per heavy atom. The zero-order valence-corrected chi connectivity index (χ0v) is 26.8. The van der Waals surface area contributed by atoms with Crippen LogP contribution in [-0.2, 0) is 0 Å². The van der Waals surface area contributed by atoms with E-state index in [-0.39, 0.29) is 5.92 Å². The van der Waals surface area contributed by atoms with E-state index in [9.17, 15) is 0 Å². The number of aromatic nitrogens is 1. The average molecular weight is 629 g/mol. The predicted molar refractivity (Wildman–Crippen MR) is 205 cm³/mol. The van der Waals surface area contributed by atoms with Crippen LogP contribution in [0.2, 0.25) is 0 Å². The van der Waals surface area contributed by atoms with Gasteiger partial charge in [0.1, 0.15) is 11.3 Å². The number of allylic oxidation sites excluding steroid dienone is 1. The van der Waals surface area contributed by atoms with Crippen molar-refractivity contribution in [3.8, 4) is 0 Å². The number of anilines is 3. The van der Waals surface area contributed by atoms with Gasteiger partial charge in [-0.2, -0.15) is 0 Å². The second-order valence-electron chi connectivity index (χ2n) is 12.9. The Balaban J connectivity index is 1.11. The minimum Gasteiger partial charge on any atom is -0.460 e. The minimum atomic E-state index is 0.0576. The lowest BCUT2D eigenvalue weighted by Gasteiger charge is -2.27. The summed E-state index contributed by atoms with van der Waals surface area (Å²) in [6.07, 6.45) is 3.18. The third-order valence-electron chi connectivity index (χ3n) is 10.1. The van der Waals surface area contributed by atoms with E-state index < -0.39 is 0 Å². The molecule has 2 aromatic heterocycles. The first kappa shape index (κ1) is 27.8. The molecule has 1 atom stereocenters. The zero-order valence-electron chi connectivity index (χ0n) is 26.8. The van der Waals surface area contributed by atoms with Gasteiger partial charge in [-0.25, -0.2) is 0 Å². The van der Waals surface area contributed by atoms with Crippen LogP contribution in [0.1, 0.15) is 29.2 Å². The highest BCUT2D eigenvalue weighted by atomic mass is 16.3. The summed E-state index contributed by atoms with van der Waals surface area (Å²) >= 11 is 0. The molecule has 9 aromatic rings. The molecular weight excluding hydrogens is 597 g/mol. The maximum atomic E-state index is 6.69. The Bertz CT molecular complexity index is 2640. The van der Waals surface area contributed by atoms with Crippen molar-refractivity contribution in [2.45, 2.75) is 12.3 Å². The van der Waals surface area contributed by atoms with Crippen molar-refractivity contribution in [1.29, 1.82) is 0 Å². The van der Waals surface area contributed by atoms with E-state index in [2.05, 4.69) is 185 Å². The van der Waals surface area contributed by atoms with Crippen LogP contribution >= 0.6 is 0 Å². The van der Waals surface area contributed by atoms with Gasteiger partial charge >= 0.3 is 0 Å². The fourth-order valence-corrected chi connectivity index (χ4v) is 7.87. The molecule has 0 amide bonds. The summed E-state index contributed by atoms with van der Waals surface area (Å²) in [5.41, 5.74) is 10.4. The Hall–Kier alpha value is -6.32. The van der Waals surface area contributed by atoms with Crippen molar-refractivity contribution in [3.63, 3.8) is 0 Å². The molecule has 7 aromatic carbocycles. The van der Waals surface area contributed by atoms with Gasteiger partial charge in [0, 0.05) is 56.8 Å². The summed E-state index contributed by atoms with van der Waals surface area (Å²) in [4.78, 5) is 2.34. The van der Waals surface area contributed by atoms with Crippen LogP contribution < -0.4 is 4.90 Å². The fraction of sp³-hybridized carbons (Fsp3) is 0.0435. The minimum absolute atomic E-state index is 0.0576. The molecule has 0 fully saturated rings. The molecule has 2 heterocycles. The van der Waals surface area contributed by atoms with Crippen LogP contribution in [0.3, 0.4) is 0 Å². The number of furan rings is 1. The summed E-state index contributed by atoms with van der Waals surface area (Å²) < 4.78 is 9.16. The van der Waals surface area contributed by atoms with Gasteiger partial charge < -0.3 is 13.9 Å². The van der Waals surface area contributed by atoms with Crippen molar-refractivity contribution < 1.29 is 4.42 Å². The molecule has 0 aliphatic heterocycles.